The van der Waals surface area contributed by atoms with Crippen LogP contribution in [0.25, 0.3) is 0 Å². The van der Waals surface area contributed by atoms with E-state index < -0.39 is 11.8 Å². The van der Waals surface area contributed by atoms with Crippen molar-refractivity contribution in [3.8, 4) is 11.5 Å². The van der Waals surface area contributed by atoms with Crippen LogP contribution in [0, 0.1) is 5.92 Å². The second kappa shape index (κ2) is 10.0. The Kier molecular flexibility index (Phi) is 6.92. The monoisotopic (exact) mass is 447 g/mol. The summed E-state index contributed by atoms with van der Waals surface area (Å²) >= 11 is 0. The molecule has 0 N–H and O–H groups in total. The molecular formula is C27H29NO5. The quantitative estimate of drug-likeness (QED) is 0.577. The standard InChI is InChI=1S/C27H29NO5/c1-17-24(27(30)33-15-14-18-8-5-4-6-9-18)25(26-21(28-17)10-7-11-22(26)29)20-13-12-19(31-2)16-23(20)32-3/h4-6,8-9,12-13,16,24-25H,7,10-11,14-15H2,1-3H3/t24?,25-/m1/s1. The van der Waals surface area contributed by atoms with Crippen LogP contribution in [0.3, 0.4) is 0 Å². The van der Waals surface area contributed by atoms with Crippen LogP contribution in [0.5, 0.6) is 11.5 Å². The average molecular weight is 448 g/mol. The van der Waals surface area contributed by atoms with Gasteiger partial charge in [0.05, 0.1) is 20.8 Å². The number of carbonyl (C=O) groups is 2. The van der Waals surface area contributed by atoms with Gasteiger partial charge in [-0.1, -0.05) is 36.4 Å². The molecule has 172 valence electrons. The lowest BCUT2D eigenvalue weighted by Gasteiger charge is -2.35. The number of Topliss-reactive ketones (excluding diaryl/α,β-unsaturated/α-hetero) is 1. The second-order valence-corrected chi connectivity index (χ2v) is 8.36. The lowest BCUT2D eigenvalue weighted by Crippen LogP contribution is -2.37. The number of benzene rings is 2. The van der Waals surface area contributed by atoms with Crippen LogP contribution in [-0.2, 0) is 20.7 Å². The summed E-state index contributed by atoms with van der Waals surface area (Å²) in [6, 6.07) is 15.4. The number of methoxy groups -OCH3 is 2. The smallest absolute Gasteiger partial charge is 0.315 e. The van der Waals surface area contributed by atoms with Crippen LogP contribution in [0.4, 0.5) is 0 Å². The summed E-state index contributed by atoms with van der Waals surface area (Å²) in [5, 5.41) is 0. The van der Waals surface area contributed by atoms with Crippen LogP contribution in [0.2, 0.25) is 0 Å². The summed E-state index contributed by atoms with van der Waals surface area (Å²) in [6.07, 6.45) is 2.58. The van der Waals surface area contributed by atoms with Crippen LogP contribution in [0.15, 0.2) is 64.8 Å². The third-order valence-corrected chi connectivity index (χ3v) is 6.34. The molecule has 0 fully saturated rings. The molecule has 0 radical (unpaired) electrons. The third-order valence-electron chi connectivity index (χ3n) is 6.34. The minimum Gasteiger partial charge on any atom is -0.497 e. The average Bonchev–Trinajstić information content (AvgIpc) is 2.83. The molecule has 2 aliphatic rings. The highest BCUT2D eigenvalue weighted by Crippen LogP contribution is 2.46. The first-order valence-corrected chi connectivity index (χ1v) is 11.3. The molecule has 2 atom stereocenters. The van der Waals surface area contributed by atoms with Crippen molar-refractivity contribution in [3.05, 3.63) is 70.9 Å². The van der Waals surface area contributed by atoms with E-state index in [-0.39, 0.29) is 18.4 Å². The SMILES string of the molecule is COc1ccc([C@H]2C3=C(CCCC3=O)N=C(C)C2C(=O)OCCc2ccccc2)c(OC)c1. The van der Waals surface area contributed by atoms with Crippen molar-refractivity contribution in [3.63, 3.8) is 0 Å². The summed E-state index contributed by atoms with van der Waals surface area (Å²) in [4.78, 5) is 31.1. The molecular weight excluding hydrogens is 418 g/mol. The molecule has 2 aromatic carbocycles. The van der Waals surface area contributed by atoms with Crippen molar-refractivity contribution in [1.29, 1.82) is 0 Å². The summed E-state index contributed by atoms with van der Waals surface area (Å²) in [6.45, 7) is 2.11. The number of hydrogen-bond donors (Lipinski definition) is 0. The van der Waals surface area contributed by atoms with Crippen LogP contribution < -0.4 is 9.47 Å². The molecule has 0 saturated carbocycles. The molecule has 1 heterocycles. The number of nitrogens with zero attached hydrogens (tertiary/aromatic N) is 1. The summed E-state index contributed by atoms with van der Waals surface area (Å²) in [5.41, 5.74) is 3.91. The molecule has 0 bridgehead atoms. The summed E-state index contributed by atoms with van der Waals surface area (Å²) in [7, 11) is 3.16. The van der Waals surface area contributed by atoms with Crippen molar-refractivity contribution in [2.75, 3.05) is 20.8 Å². The fourth-order valence-corrected chi connectivity index (χ4v) is 4.73. The normalized spacial score (nSPS) is 20.1. The first kappa shape index (κ1) is 22.8. The van der Waals surface area contributed by atoms with Crippen molar-refractivity contribution < 1.29 is 23.8 Å². The zero-order valence-electron chi connectivity index (χ0n) is 19.3. The van der Waals surface area contributed by atoms with Gasteiger partial charge in [-0.25, -0.2) is 0 Å². The van der Waals surface area contributed by atoms with Gasteiger partial charge in [0.2, 0.25) is 0 Å². The maximum atomic E-state index is 13.4. The first-order chi connectivity index (χ1) is 16.0. The van der Waals surface area contributed by atoms with Gasteiger partial charge >= 0.3 is 5.97 Å². The van der Waals surface area contributed by atoms with E-state index in [9.17, 15) is 9.59 Å². The van der Waals surface area contributed by atoms with E-state index >= 15 is 0 Å². The lowest BCUT2D eigenvalue weighted by atomic mass is 9.71. The van der Waals surface area contributed by atoms with Crippen molar-refractivity contribution in [2.45, 2.75) is 38.5 Å². The maximum Gasteiger partial charge on any atom is 0.315 e. The Morgan fingerprint density at radius 3 is 2.58 bits per heavy atom. The highest BCUT2D eigenvalue weighted by molar-refractivity contribution is 6.09. The Hall–Kier alpha value is -3.41. The van der Waals surface area contributed by atoms with E-state index in [1.807, 2.05) is 49.4 Å². The Balaban J connectivity index is 1.69. The van der Waals surface area contributed by atoms with E-state index in [4.69, 9.17) is 19.2 Å². The number of ether oxygens (including phenoxy) is 3. The van der Waals surface area contributed by atoms with Gasteiger partial charge in [-0.3, -0.25) is 14.6 Å². The molecule has 6 heteroatoms. The van der Waals surface area contributed by atoms with E-state index in [0.717, 1.165) is 29.7 Å². The maximum absolute atomic E-state index is 13.4. The summed E-state index contributed by atoms with van der Waals surface area (Å²) < 4.78 is 16.7. The Morgan fingerprint density at radius 2 is 1.85 bits per heavy atom. The number of ketones is 1. The van der Waals surface area contributed by atoms with Crippen LogP contribution in [0.1, 0.15) is 43.2 Å². The number of hydrogen-bond acceptors (Lipinski definition) is 6. The van der Waals surface area contributed by atoms with Gasteiger partial charge in [-0.15, -0.1) is 0 Å². The van der Waals surface area contributed by atoms with Crippen LogP contribution >= 0.6 is 0 Å². The minimum atomic E-state index is -0.691. The van der Waals surface area contributed by atoms with E-state index in [1.165, 1.54) is 0 Å². The predicted octanol–water partition coefficient (Wildman–Crippen LogP) is 4.67. The highest BCUT2D eigenvalue weighted by atomic mass is 16.5. The number of carbonyl (C=O) groups excluding carboxylic acids is 2. The van der Waals surface area contributed by atoms with Crippen molar-refractivity contribution in [1.82, 2.24) is 0 Å². The van der Waals surface area contributed by atoms with Crippen molar-refractivity contribution in [2.24, 2.45) is 10.9 Å². The van der Waals surface area contributed by atoms with Gasteiger partial charge in [-0.2, -0.15) is 0 Å². The van der Waals surface area contributed by atoms with Gasteiger partial charge in [0.1, 0.15) is 17.4 Å². The number of esters is 1. The van der Waals surface area contributed by atoms with E-state index in [2.05, 4.69) is 0 Å². The second-order valence-electron chi connectivity index (χ2n) is 8.36. The Bertz CT molecular complexity index is 1100. The fraction of sp³-hybridized carbons (Fsp3) is 0.370. The first-order valence-electron chi connectivity index (χ1n) is 11.3. The van der Waals surface area contributed by atoms with Gasteiger partial charge in [-0.05, 0) is 31.4 Å². The number of allylic oxidation sites excluding steroid dienone is 2. The molecule has 1 aliphatic heterocycles. The number of aliphatic imine (C=N–C) groups is 1. The molecule has 0 amide bonds. The Morgan fingerprint density at radius 1 is 1.06 bits per heavy atom. The zero-order chi connectivity index (χ0) is 23.4. The minimum absolute atomic E-state index is 0.0393. The highest BCUT2D eigenvalue weighted by Gasteiger charge is 2.44. The Labute approximate surface area is 194 Å². The van der Waals surface area contributed by atoms with Crippen molar-refractivity contribution >= 4 is 17.5 Å². The summed E-state index contributed by atoms with van der Waals surface area (Å²) in [5.74, 6) is -0.319. The predicted molar refractivity (Wildman–Crippen MR) is 126 cm³/mol. The molecule has 4 rings (SSSR count). The van der Waals surface area contributed by atoms with Gasteiger partial charge in [0, 0.05) is 47.4 Å². The topological polar surface area (TPSA) is 74.2 Å². The molecule has 6 nitrogen and oxygen atoms in total. The molecule has 1 unspecified atom stereocenters. The zero-order valence-corrected chi connectivity index (χ0v) is 19.3. The molecule has 0 spiro atoms. The van der Waals surface area contributed by atoms with Crippen LogP contribution in [-0.4, -0.2) is 38.3 Å². The molecule has 0 aromatic heterocycles. The van der Waals surface area contributed by atoms with Gasteiger partial charge in [0.25, 0.3) is 0 Å². The molecule has 0 saturated heterocycles. The molecule has 1 aliphatic carbocycles. The largest absolute Gasteiger partial charge is 0.497 e. The number of rotatable bonds is 7. The van der Waals surface area contributed by atoms with Gasteiger partial charge < -0.3 is 14.2 Å². The fourth-order valence-electron chi connectivity index (χ4n) is 4.73. The van der Waals surface area contributed by atoms with Gasteiger partial charge in [0.15, 0.2) is 5.78 Å². The molecule has 33 heavy (non-hydrogen) atoms. The third kappa shape index (κ3) is 4.70. The van der Waals surface area contributed by atoms with E-state index in [0.29, 0.717) is 35.6 Å². The van der Waals surface area contributed by atoms with E-state index in [1.54, 1.807) is 20.3 Å². The molecule has 2 aromatic rings. The lowest BCUT2D eigenvalue weighted by molar-refractivity contribution is -0.146.